The summed E-state index contributed by atoms with van der Waals surface area (Å²) < 4.78 is 12.3. The number of methoxy groups -OCH3 is 2. The molecule has 4 aromatic rings. The number of nitrogens with zero attached hydrogens (tertiary/aromatic N) is 3. The summed E-state index contributed by atoms with van der Waals surface area (Å²) in [6.07, 6.45) is 5.77. The van der Waals surface area contributed by atoms with Gasteiger partial charge in [-0.3, -0.25) is 4.79 Å². The Bertz CT molecular complexity index is 1230. The molecule has 0 bridgehead atoms. The highest BCUT2D eigenvalue weighted by Gasteiger charge is 2.27. The molecule has 164 valence electrons. The number of hydrogen-bond acceptors (Lipinski definition) is 4. The summed E-state index contributed by atoms with van der Waals surface area (Å²) in [5.74, 6) is 2.04. The van der Waals surface area contributed by atoms with Crippen LogP contribution in [0.5, 0.6) is 11.5 Å². The van der Waals surface area contributed by atoms with Crippen LogP contribution >= 0.6 is 0 Å². The molecule has 7 heteroatoms. The van der Waals surface area contributed by atoms with Gasteiger partial charge in [0.2, 0.25) is 0 Å². The van der Waals surface area contributed by atoms with Crippen molar-refractivity contribution in [1.82, 2.24) is 19.7 Å². The molecule has 2 aromatic carbocycles. The molecule has 1 N–H and O–H groups in total. The Balaban J connectivity index is 1.26. The van der Waals surface area contributed by atoms with Gasteiger partial charge in [0.05, 0.1) is 19.9 Å². The van der Waals surface area contributed by atoms with Crippen LogP contribution < -0.4 is 9.47 Å². The molecule has 1 amide bonds. The second kappa shape index (κ2) is 8.42. The van der Waals surface area contributed by atoms with E-state index < -0.39 is 0 Å². The van der Waals surface area contributed by atoms with Gasteiger partial charge >= 0.3 is 0 Å². The van der Waals surface area contributed by atoms with Crippen LogP contribution in [-0.4, -0.2) is 52.9 Å². The number of amides is 1. The maximum atomic E-state index is 13.0. The molecular formula is C25H26N4O3. The molecule has 1 fully saturated rings. The van der Waals surface area contributed by atoms with E-state index >= 15 is 0 Å². The zero-order valence-corrected chi connectivity index (χ0v) is 18.2. The van der Waals surface area contributed by atoms with Crippen LogP contribution in [0.4, 0.5) is 0 Å². The number of carbonyl (C=O) groups excluding carboxylic acids is 1. The Morgan fingerprint density at radius 1 is 1.00 bits per heavy atom. The molecule has 0 radical (unpaired) electrons. The van der Waals surface area contributed by atoms with E-state index in [1.54, 1.807) is 25.0 Å². The molecular weight excluding hydrogens is 404 g/mol. The monoisotopic (exact) mass is 430 g/mol. The Labute approximate surface area is 186 Å². The molecule has 0 saturated carbocycles. The Morgan fingerprint density at radius 2 is 1.72 bits per heavy atom. The van der Waals surface area contributed by atoms with Gasteiger partial charge in [-0.15, -0.1) is 0 Å². The third-order valence-corrected chi connectivity index (χ3v) is 6.29. The number of fused-ring (bicyclic) bond motifs is 1. The number of hydrogen-bond donors (Lipinski definition) is 1. The molecule has 32 heavy (non-hydrogen) atoms. The molecule has 0 unspecified atom stereocenters. The minimum atomic E-state index is -0.0173. The third-order valence-electron chi connectivity index (χ3n) is 6.29. The highest BCUT2D eigenvalue weighted by Crippen LogP contribution is 2.35. The first kappa shape index (κ1) is 20.2. The van der Waals surface area contributed by atoms with E-state index in [1.807, 2.05) is 41.4 Å². The number of benzene rings is 2. The third kappa shape index (κ3) is 3.70. The molecule has 3 heterocycles. The predicted molar refractivity (Wildman–Crippen MR) is 123 cm³/mol. The molecule has 0 spiro atoms. The van der Waals surface area contributed by atoms with Crippen molar-refractivity contribution in [3.63, 3.8) is 0 Å². The second-order valence-corrected chi connectivity index (χ2v) is 8.07. The van der Waals surface area contributed by atoms with Gasteiger partial charge in [0.25, 0.3) is 5.91 Å². The summed E-state index contributed by atoms with van der Waals surface area (Å²) in [5.41, 5.74) is 3.77. The van der Waals surface area contributed by atoms with Gasteiger partial charge < -0.3 is 19.4 Å². The van der Waals surface area contributed by atoms with Crippen LogP contribution in [0.15, 0.2) is 60.9 Å². The number of ether oxygens (including phenoxy) is 2. The van der Waals surface area contributed by atoms with Crippen LogP contribution in [0.3, 0.4) is 0 Å². The maximum absolute atomic E-state index is 13.0. The fourth-order valence-electron chi connectivity index (χ4n) is 4.46. The minimum Gasteiger partial charge on any atom is -0.497 e. The SMILES string of the molecule is COc1ccc(-n2ccc(C(=O)N3CCC(c4c[nH]c5ccc(OC)cc45)CC3)n2)cc1. The molecule has 0 aliphatic carbocycles. The van der Waals surface area contributed by atoms with E-state index in [0.29, 0.717) is 11.6 Å². The number of aromatic nitrogens is 3. The van der Waals surface area contributed by atoms with Crippen molar-refractivity contribution in [3.05, 3.63) is 72.2 Å². The molecule has 1 aliphatic rings. The number of H-pyrrole nitrogens is 1. The smallest absolute Gasteiger partial charge is 0.274 e. The summed E-state index contributed by atoms with van der Waals surface area (Å²) >= 11 is 0. The summed E-state index contributed by atoms with van der Waals surface area (Å²) in [4.78, 5) is 18.3. The van der Waals surface area contributed by atoms with E-state index in [9.17, 15) is 4.79 Å². The van der Waals surface area contributed by atoms with E-state index in [-0.39, 0.29) is 5.91 Å². The quantitative estimate of drug-likeness (QED) is 0.510. The number of likely N-dealkylation sites (tertiary alicyclic amines) is 1. The van der Waals surface area contributed by atoms with E-state index in [0.717, 1.165) is 48.6 Å². The Kier molecular flexibility index (Phi) is 5.31. The summed E-state index contributed by atoms with van der Waals surface area (Å²) in [5, 5.41) is 5.71. The lowest BCUT2D eigenvalue weighted by Gasteiger charge is -2.31. The van der Waals surface area contributed by atoms with Crippen molar-refractivity contribution in [3.8, 4) is 17.2 Å². The summed E-state index contributed by atoms with van der Waals surface area (Å²) in [7, 11) is 3.33. The van der Waals surface area contributed by atoms with E-state index in [4.69, 9.17) is 9.47 Å². The zero-order chi connectivity index (χ0) is 22.1. The lowest BCUT2D eigenvalue weighted by atomic mass is 9.89. The molecule has 0 atom stereocenters. The van der Waals surface area contributed by atoms with Crippen LogP contribution in [0.25, 0.3) is 16.6 Å². The topological polar surface area (TPSA) is 72.4 Å². The van der Waals surface area contributed by atoms with Crippen LogP contribution in [-0.2, 0) is 0 Å². The fraction of sp³-hybridized carbons (Fsp3) is 0.280. The number of rotatable bonds is 5. The van der Waals surface area contributed by atoms with Gasteiger partial charge in [0.15, 0.2) is 5.69 Å². The van der Waals surface area contributed by atoms with Crippen molar-refractivity contribution >= 4 is 16.8 Å². The first-order valence-electron chi connectivity index (χ1n) is 10.8. The highest BCUT2D eigenvalue weighted by atomic mass is 16.5. The van der Waals surface area contributed by atoms with Gasteiger partial charge in [-0.1, -0.05) is 0 Å². The molecule has 2 aromatic heterocycles. The Morgan fingerprint density at radius 3 is 2.44 bits per heavy atom. The highest BCUT2D eigenvalue weighted by molar-refractivity contribution is 5.92. The lowest BCUT2D eigenvalue weighted by Crippen LogP contribution is -2.38. The molecule has 5 rings (SSSR count). The van der Waals surface area contributed by atoms with Crippen molar-refractivity contribution in [1.29, 1.82) is 0 Å². The maximum Gasteiger partial charge on any atom is 0.274 e. The van der Waals surface area contributed by atoms with Gasteiger partial charge in [0.1, 0.15) is 11.5 Å². The van der Waals surface area contributed by atoms with Crippen molar-refractivity contribution in [2.24, 2.45) is 0 Å². The fourth-order valence-corrected chi connectivity index (χ4v) is 4.46. The normalized spacial score (nSPS) is 14.6. The van der Waals surface area contributed by atoms with Crippen molar-refractivity contribution in [2.45, 2.75) is 18.8 Å². The van der Waals surface area contributed by atoms with Crippen LogP contribution in [0.1, 0.15) is 34.8 Å². The molecule has 1 aliphatic heterocycles. The van der Waals surface area contributed by atoms with Gasteiger partial charge in [-0.25, -0.2) is 4.68 Å². The summed E-state index contributed by atoms with van der Waals surface area (Å²) in [6.45, 7) is 1.44. The number of piperidine rings is 1. The average Bonchev–Trinajstić information content (AvgIpc) is 3.51. The zero-order valence-electron chi connectivity index (χ0n) is 18.2. The van der Waals surface area contributed by atoms with Gasteiger partial charge in [0, 0.05) is 36.4 Å². The first-order chi connectivity index (χ1) is 15.7. The standard InChI is InChI=1S/C25H26N4O3/c1-31-19-5-3-18(4-6-19)29-14-11-24(27-29)25(30)28-12-9-17(10-13-28)22-16-26-23-8-7-20(32-2)15-21(22)23/h3-8,11,14-17,26H,9-10,12-13H2,1-2H3. The largest absolute Gasteiger partial charge is 0.497 e. The first-order valence-corrected chi connectivity index (χ1v) is 10.8. The minimum absolute atomic E-state index is 0.0173. The van der Waals surface area contributed by atoms with Gasteiger partial charge in [-0.05, 0) is 72.9 Å². The van der Waals surface area contributed by atoms with E-state index in [2.05, 4.69) is 28.4 Å². The van der Waals surface area contributed by atoms with Crippen molar-refractivity contribution in [2.75, 3.05) is 27.3 Å². The second-order valence-electron chi connectivity index (χ2n) is 8.07. The van der Waals surface area contributed by atoms with Crippen LogP contribution in [0.2, 0.25) is 0 Å². The number of aromatic amines is 1. The van der Waals surface area contributed by atoms with Crippen LogP contribution in [0, 0.1) is 0 Å². The summed E-state index contributed by atoms with van der Waals surface area (Å²) in [6, 6.07) is 15.5. The molecule has 7 nitrogen and oxygen atoms in total. The lowest BCUT2D eigenvalue weighted by molar-refractivity contribution is 0.0707. The van der Waals surface area contributed by atoms with Crippen molar-refractivity contribution < 1.29 is 14.3 Å². The molecule has 1 saturated heterocycles. The Hall–Kier alpha value is -3.74. The van der Waals surface area contributed by atoms with Gasteiger partial charge in [-0.2, -0.15) is 5.10 Å². The van der Waals surface area contributed by atoms with E-state index in [1.165, 1.54) is 10.9 Å². The predicted octanol–water partition coefficient (Wildman–Crippen LogP) is 4.39. The average molecular weight is 431 g/mol. The number of carbonyl (C=O) groups is 1. The number of nitrogens with one attached hydrogen (secondary N) is 1.